The predicted molar refractivity (Wildman–Crippen MR) is 72.3 cm³/mol. The van der Waals surface area contributed by atoms with Crippen LogP contribution in [0.2, 0.25) is 0 Å². The molecule has 5 nitrogen and oxygen atoms in total. The lowest BCUT2D eigenvalue weighted by molar-refractivity contribution is 0.112. The largest absolute Gasteiger partial charge is 0.493 e. The first-order valence-corrected chi connectivity index (χ1v) is 6.12. The third kappa shape index (κ3) is 2.45. The molecule has 1 N–H and O–H groups in total. The number of nitrogens with one attached hydrogen (secondary N) is 1. The number of rotatable bonds is 5. The van der Waals surface area contributed by atoms with Crippen molar-refractivity contribution in [1.29, 1.82) is 0 Å². The van der Waals surface area contributed by atoms with Crippen molar-refractivity contribution < 1.29 is 14.3 Å². The number of aromatic nitrogens is 1. The van der Waals surface area contributed by atoms with Crippen molar-refractivity contribution in [1.82, 2.24) is 4.98 Å². The number of hydrogen-bond donors (Lipinski definition) is 1. The highest BCUT2D eigenvalue weighted by atomic mass is 16.5. The van der Waals surface area contributed by atoms with E-state index in [2.05, 4.69) is 4.98 Å². The molecular formula is C14H15NO4. The summed E-state index contributed by atoms with van der Waals surface area (Å²) < 4.78 is 11.0. The van der Waals surface area contributed by atoms with Crippen molar-refractivity contribution in [2.24, 2.45) is 0 Å². The Morgan fingerprint density at radius 1 is 1.16 bits per heavy atom. The maximum atomic E-state index is 11.7. The Kier molecular flexibility index (Phi) is 3.85. The van der Waals surface area contributed by atoms with Gasteiger partial charge in [-0.05, 0) is 32.0 Å². The molecule has 100 valence electrons. The molecule has 0 aliphatic heterocycles. The molecule has 1 aromatic carbocycles. The normalized spacial score (nSPS) is 10.4. The predicted octanol–water partition coefficient (Wildman–Crippen LogP) is 2.14. The first-order chi connectivity index (χ1) is 9.21. The first kappa shape index (κ1) is 13.1. The standard InChI is InChI=1S/C14H15NO4/c1-3-18-11-5-6-12(19-4-2)13-10(11)7-9(8-16)14(17)15-13/h5-8H,3-4H2,1-2H3,(H,15,17). The Bertz CT molecular complexity index is 660. The molecule has 0 bridgehead atoms. The minimum atomic E-state index is -0.433. The minimum absolute atomic E-state index is 0.0714. The van der Waals surface area contributed by atoms with Gasteiger partial charge in [0.15, 0.2) is 6.29 Å². The number of carbonyl (C=O) groups is 1. The molecule has 1 heterocycles. The number of aromatic amines is 1. The maximum Gasteiger partial charge on any atom is 0.259 e. The maximum absolute atomic E-state index is 11.7. The fourth-order valence-corrected chi connectivity index (χ4v) is 1.90. The molecule has 0 fully saturated rings. The summed E-state index contributed by atoms with van der Waals surface area (Å²) in [5, 5.41) is 0.662. The van der Waals surface area contributed by atoms with Crippen LogP contribution in [-0.2, 0) is 0 Å². The van der Waals surface area contributed by atoms with Crippen LogP contribution < -0.4 is 15.0 Å². The molecule has 0 unspecified atom stereocenters. The van der Waals surface area contributed by atoms with Crippen LogP contribution in [0.3, 0.4) is 0 Å². The number of carbonyl (C=O) groups excluding carboxylic acids is 1. The molecule has 0 amide bonds. The van der Waals surface area contributed by atoms with E-state index >= 15 is 0 Å². The van der Waals surface area contributed by atoms with E-state index in [0.717, 1.165) is 0 Å². The van der Waals surface area contributed by atoms with Crippen LogP contribution in [0.1, 0.15) is 24.2 Å². The monoisotopic (exact) mass is 261 g/mol. The molecule has 0 spiro atoms. The van der Waals surface area contributed by atoms with Gasteiger partial charge in [-0.25, -0.2) is 0 Å². The summed E-state index contributed by atoms with van der Waals surface area (Å²) in [4.78, 5) is 25.2. The van der Waals surface area contributed by atoms with Crippen LogP contribution in [0, 0.1) is 0 Å². The van der Waals surface area contributed by atoms with E-state index < -0.39 is 5.56 Å². The van der Waals surface area contributed by atoms with Crippen molar-refractivity contribution in [3.8, 4) is 11.5 Å². The van der Waals surface area contributed by atoms with Crippen molar-refractivity contribution in [3.05, 3.63) is 34.1 Å². The number of hydrogen-bond acceptors (Lipinski definition) is 4. The van der Waals surface area contributed by atoms with Gasteiger partial charge in [0, 0.05) is 5.39 Å². The zero-order valence-corrected chi connectivity index (χ0v) is 10.9. The summed E-state index contributed by atoms with van der Waals surface area (Å²) in [6.07, 6.45) is 0.529. The van der Waals surface area contributed by atoms with Crippen molar-refractivity contribution >= 4 is 17.2 Å². The highest BCUT2D eigenvalue weighted by Gasteiger charge is 2.11. The fourth-order valence-electron chi connectivity index (χ4n) is 1.90. The molecule has 0 saturated heterocycles. The van der Waals surface area contributed by atoms with Gasteiger partial charge in [0.1, 0.15) is 11.5 Å². The zero-order valence-electron chi connectivity index (χ0n) is 10.9. The second kappa shape index (κ2) is 5.56. The van der Waals surface area contributed by atoms with Crippen LogP contribution >= 0.6 is 0 Å². The van der Waals surface area contributed by atoms with E-state index in [4.69, 9.17) is 9.47 Å². The minimum Gasteiger partial charge on any atom is -0.493 e. The molecule has 2 aromatic rings. The van der Waals surface area contributed by atoms with E-state index in [1.165, 1.54) is 6.07 Å². The van der Waals surface area contributed by atoms with Crippen molar-refractivity contribution in [3.63, 3.8) is 0 Å². The second-order valence-electron chi connectivity index (χ2n) is 3.89. The van der Waals surface area contributed by atoms with E-state index in [1.807, 2.05) is 13.8 Å². The van der Waals surface area contributed by atoms with Crippen LogP contribution in [-0.4, -0.2) is 24.5 Å². The molecule has 0 aliphatic rings. The lowest BCUT2D eigenvalue weighted by Gasteiger charge is -2.11. The first-order valence-electron chi connectivity index (χ1n) is 6.12. The molecule has 0 atom stereocenters. The summed E-state index contributed by atoms with van der Waals surface area (Å²) in [5.41, 5.74) is 0.183. The summed E-state index contributed by atoms with van der Waals surface area (Å²) in [6.45, 7) is 4.72. The number of H-pyrrole nitrogens is 1. The van der Waals surface area contributed by atoms with Gasteiger partial charge in [-0.15, -0.1) is 0 Å². The number of fused-ring (bicyclic) bond motifs is 1. The molecule has 0 saturated carbocycles. The van der Waals surface area contributed by atoms with Gasteiger partial charge in [0.25, 0.3) is 5.56 Å². The van der Waals surface area contributed by atoms with Gasteiger partial charge in [0.05, 0.1) is 24.3 Å². The summed E-state index contributed by atoms with van der Waals surface area (Å²) in [5.74, 6) is 1.18. The molecule has 1 aromatic heterocycles. The topological polar surface area (TPSA) is 68.4 Å². The third-order valence-electron chi connectivity index (χ3n) is 2.69. The highest BCUT2D eigenvalue weighted by molar-refractivity contribution is 5.93. The Morgan fingerprint density at radius 2 is 1.79 bits per heavy atom. The van der Waals surface area contributed by atoms with Gasteiger partial charge in [-0.2, -0.15) is 0 Å². The quantitative estimate of drug-likeness (QED) is 0.837. The Hall–Kier alpha value is -2.30. The average Bonchev–Trinajstić information content (AvgIpc) is 2.41. The van der Waals surface area contributed by atoms with Gasteiger partial charge in [-0.3, -0.25) is 9.59 Å². The van der Waals surface area contributed by atoms with Crippen LogP contribution in [0.4, 0.5) is 0 Å². The number of pyridine rings is 1. The van der Waals surface area contributed by atoms with Gasteiger partial charge < -0.3 is 14.5 Å². The Balaban J connectivity index is 2.76. The molecular weight excluding hydrogens is 246 g/mol. The molecule has 19 heavy (non-hydrogen) atoms. The van der Waals surface area contributed by atoms with Gasteiger partial charge >= 0.3 is 0 Å². The number of aldehydes is 1. The lowest BCUT2D eigenvalue weighted by Crippen LogP contribution is -2.12. The number of ether oxygens (including phenoxy) is 2. The van der Waals surface area contributed by atoms with Gasteiger partial charge in [0.2, 0.25) is 0 Å². The third-order valence-corrected chi connectivity index (χ3v) is 2.69. The van der Waals surface area contributed by atoms with Crippen LogP contribution in [0.15, 0.2) is 23.0 Å². The lowest BCUT2D eigenvalue weighted by atomic mass is 10.1. The second-order valence-corrected chi connectivity index (χ2v) is 3.89. The average molecular weight is 261 g/mol. The van der Waals surface area contributed by atoms with E-state index in [1.54, 1.807) is 12.1 Å². The molecule has 5 heteroatoms. The van der Waals surface area contributed by atoms with E-state index in [-0.39, 0.29) is 5.56 Å². The summed E-state index contributed by atoms with van der Waals surface area (Å²) >= 11 is 0. The Morgan fingerprint density at radius 3 is 2.42 bits per heavy atom. The number of benzene rings is 1. The summed E-state index contributed by atoms with van der Waals surface area (Å²) in [7, 11) is 0. The molecule has 2 rings (SSSR count). The fraction of sp³-hybridized carbons (Fsp3) is 0.286. The van der Waals surface area contributed by atoms with Crippen LogP contribution in [0.25, 0.3) is 10.9 Å². The van der Waals surface area contributed by atoms with E-state index in [0.29, 0.717) is 41.9 Å². The molecule has 0 radical (unpaired) electrons. The Labute approximate surface area is 110 Å². The SMILES string of the molecule is CCOc1ccc(OCC)c2[nH]c(=O)c(C=O)cc12. The van der Waals surface area contributed by atoms with E-state index in [9.17, 15) is 9.59 Å². The van der Waals surface area contributed by atoms with Gasteiger partial charge in [-0.1, -0.05) is 0 Å². The summed E-state index contributed by atoms with van der Waals surface area (Å²) in [6, 6.07) is 5.03. The zero-order chi connectivity index (χ0) is 13.8. The van der Waals surface area contributed by atoms with Crippen molar-refractivity contribution in [2.75, 3.05) is 13.2 Å². The highest BCUT2D eigenvalue weighted by Crippen LogP contribution is 2.31. The smallest absolute Gasteiger partial charge is 0.259 e. The van der Waals surface area contributed by atoms with Crippen molar-refractivity contribution in [2.45, 2.75) is 13.8 Å². The van der Waals surface area contributed by atoms with Crippen LogP contribution in [0.5, 0.6) is 11.5 Å². The molecule has 0 aliphatic carbocycles.